The summed E-state index contributed by atoms with van der Waals surface area (Å²) >= 11 is -0.106. The summed E-state index contributed by atoms with van der Waals surface area (Å²) in [6.07, 6.45) is 0. The topological polar surface area (TPSA) is 0 Å². The van der Waals surface area contributed by atoms with Crippen LogP contribution in [0.1, 0.15) is 0 Å². The first-order chi connectivity index (χ1) is 21.8. The van der Waals surface area contributed by atoms with E-state index in [4.69, 9.17) is 19.1 Å². The second-order valence-corrected chi connectivity index (χ2v) is 14.0. The van der Waals surface area contributed by atoms with Crippen molar-refractivity contribution >= 4 is 81.3 Å². The molecule has 8 aromatic rings. The summed E-state index contributed by atoms with van der Waals surface area (Å²) in [5.41, 5.74) is 2.61. The van der Waals surface area contributed by atoms with Gasteiger partial charge in [0.25, 0.3) is 0 Å². The van der Waals surface area contributed by atoms with Gasteiger partial charge in [0.05, 0.1) is 0 Å². The van der Waals surface area contributed by atoms with Gasteiger partial charge in [-0.1, -0.05) is 178 Å². The van der Waals surface area contributed by atoms with Crippen molar-refractivity contribution in [3.63, 3.8) is 0 Å². The third-order valence-corrected chi connectivity index (χ3v) is 9.13. The third-order valence-electron chi connectivity index (χ3n) is 7.72. The summed E-state index contributed by atoms with van der Waals surface area (Å²) in [7, 11) is 10.3. The van der Waals surface area contributed by atoms with Crippen LogP contribution in [0.3, 0.4) is 0 Å². The zero-order valence-electron chi connectivity index (χ0n) is 23.7. The first-order valence-corrected chi connectivity index (χ1v) is 19.3. The Kier molecular flexibility index (Phi) is 10.4. The van der Waals surface area contributed by atoms with Gasteiger partial charge in [-0.25, -0.2) is 0 Å². The van der Waals surface area contributed by atoms with Crippen LogP contribution < -0.4 is 10.6 Å². The molecule has 0 radical (unpaired) electrons. The van der Waals surface area contributed by atoms with E-state index in [2.05, 4.69) is 170 Å². The SMILES string of the molecule is [Cl][Pd][Cl].c1ccc2c(-c3cccc4ccccc34)cccc2c1.c1ccc2c(Pc3cccc4ccccc34)cccc2c1. The standard InChI is InChI=1S/C20H15P.C20H14.2ClH.Pd/c1-3-11-17-15(7-1)9-5-13-19(17)21-20-14-6-10-16-8-2-4-12-18(16)20;1-3-11-17-15(7-1)9-5-13-19(17)20-14-6-10-16-8-2-4-12-18(16)20;;;/h1-14,21H;1-14H;2*1H;/q;;;;+2/p-2. The van der Waals surface area contributed by atoms with Gasteiger partial charge in [0.2, 0.25) is 0 Å². The first kappa shape index (κ1) is 30.5. The molecule has 0 aliphatic carbocycles. The zero-order chi connectivity index (χ0) is 30.1. The van der Waals surface area contributed by atoms with E-state index in [9.17, 15) is 0 Å². The molecule has 0 saturated carbocycles. The van der Waals surface area contributed by atoms with Gasteiger partial charge in [0.1, 0.15) is 0 Å². The minimum Gasteiger partial charge on any atom is -0.0616 e. The normalized spacial score (nSPS) is 10.8. The van der Waals surface area contributed by atoms with E-state index in [-0.39, 0.29) is 15.9 Å². The summed E-state index contributed by atoms with van der Waals surface area (Å²) in [6.45, 7) is 0. The molecule has 4 heteroatoms. The molecule has 8 rings (SSSR count). The van der Waals surface area contributed by atoms with E-state index in [0.717, 1.165) is 0 Å². The Morgan fingerprint density at radius 3 is 0.977 bits per heavy atom. The molecule has 0 atom stereocenters. The number of hydrogen-bond acceptors (Lipinski definition) is 0. The van der Waals surface area contributed by atoms with E-state index in [0.29, 0.717) is 8.58 Å². The van der Waals surface area contributed by atoms with Gasteiger partial charge in [-0.05, 0) is 64.8 Å². The smallest absolute Gasteiger partial charge is 0.00992 e. The van der Waals surface area contributed by atoms with Crippen LogP contribution in [0.4, 0.5) is 0 Å². The number of benzene rings is 8. The van der Waals surface area contributed by atoms with Gasteiger partial charge in [0.15, 0.2) is 0 Å². The number of fused-ring (bicyclic) bond motifs is 4. The number of halogens is 2. The van der Waals surface area contributed by atoms with Gasteiger partial charge in [-0.15, -0.1) is 0 Å². The predicted molar refractivity (Wildman–Crippen MR) is 194 cm³/mol. The summed E-state index contributed by atoms with van der Waals surface area (Å²) < 4.78 is 0. The molecule has 0 bridgehead atoms. The predicted octanol–water partition coefficient (Wildman–Crippen LogP) is 11.7. The largest absolute Gasteiger partial charge is 0.0616 e. The molecule has 0 unspecified atom stereocenters. The molecule has 8 aromatic carbocycles. The molecule has 0 amide bonds. The van der Waals surface area contributed by atoms with Crippen molar-refractivity contribution in [1.29, 1.82) is 0 Å². The Morgan fingerprint density at radius 2 is 0.591 bits per heavy atom. The van der Waals surface area contributed by atoms with Gasteiger partial charge in [-0.2, -0.15) is 0 Å². The minimum atomic E-state index is -0.106. The molecule has 0 spiro atoms. The molecule has 0 saturated heterocycles. The molecule has 218 valence electrons. The van der Waals surface area contributed by atoms with Gasteiger partial charge < -0.3 is 0 Å². The van der Waals surface area contributed by atoms with Crippen LogP contribution in [0.2, 0.25) is 0 Å². The third kappa shape index (κ3) is 6.90. The van der Waals surface area contributed by atoms with Crippen molar-refractivity contribution in [2.45, 2.75) is 0 Å². The second-order valence-electron chi connectivity index (χ2n) is 10.3. The molecule has 0 aromatic heterocycles. The van der Waals surface area contributed by atoms with Crippen LogP contribution in [0, 0.1) is 0 Å². The van der Waals surface area contributed by atoms with Crippen molar-refractivity contribution < 1.29 is 15.9 Å². The van der Waals surface area contributed by atoms with Crippen LogP contribution in [-0.2, 0) is 15.9 Å². The van der Waals surface area contributed by atoms with E-state index in [1.165, 1.54) is 64.8 Å². The van der Waals surface area contributed by atoms with Crippen molar-refractivity contribution in [3.05, 3.63) is 170 Å². The molecule has 0 nitrogen and oxygen atoms in total. The van der Waals surface area contributed by atoms with Crippen LogP contribution in [0.5, 0.6) is 0 Å². The Labute approximate surface area is 276 Å². The zero-order valence-corrected chi connectivity index (χ0v) is 27.8. The first-order valence-electron chi connectivity index (χ1n) is 14.3. The monoisotopic (exact) mass is 716 g/mol. The minimum absolute atomic E-state index is 0.106. The van der Waals surface area contributed by atoms with Crippen molar-refractivity contribution in [1.82, 2.24) is 0 Å². The molecule has 0 fully saturated rings. The van der Waals surface area contributed by atoms with E-state index < -0.39 is 0 Å². The summed E-state index contributed by atoms with van der Waals surface area (Å²) in [5, 5.41) is 13.4. The molecular formula is C40H29Cl2PPd. The fourth-order valence-electron chi connectivity index (χ4n) is 5.73. The van der Waals surface area contributed by atoms with Gasteiger partial charge >= 0.3 is 35.0 Å². The van der Waals surface area contributed by atoms with Gasteiger partial charge in [-0.3, -0.25) is 0 Å². The fraction of sp³-hybridized carbons (Fsp3) is 0. The maximum atomic E-state index is 4.81. The molecule has 0 aliphatic rings. The van der Waals surface area contributed by atoms with E-state index in [1.807, 2.05) is 0 Å². The average Bonchev–Trinajstić information content (AvgIpc) is 3.09. The number of hydrogen-bond donors (Lipinski definition) is 0. The molecule has 44 heavy (non-hydrogen) atoms. The van der Waals surface area contributed by atoms with E-state index in [1.54, 1.807) is 0 Å². The Bertz CT molecular complexity index is 2000. The Hall–Kier alpha value is -3.53. The van der Waals surface area contributed by atoms with Crippen molar-refractivity contribution in [2.24, 2.45) is 0 Å². The fourth-order valence-corrected chi connectivity index (χ4v) is 7.11. The van der Waals surface area contributed by atoms with Crippen LogP contribution >= 0.6 is 27.6 Å². The maximum Gasteiger partial charge on any atom is -0.00992 e. The van der Waals surface area contributed by atoms with Crippen molar-refractivity contribution in [2.75, 3.05) is 0 Å². The van der Waals surface area contributed by atoms with E-state index >= 15 is 0 Å². The summed E-state index contributed by atoms with van der Waals surface area (Å²) in [5.74, 6) is 0. The molecule has 0 N–H and O–H groups in total. The van der Waals surface area contributed by atoms with Crippen LogP contribution in [0.25, 0.3) is 54.2 Å². The summed E-state index contributed by atoms with van der Waals surface area (Å²) in [6, 6.07) is 60.7. The van der Waals surface area contributed by atoms with Crippen LogP contribution in [0.15, 0.2) is 170 Å². The van der Waals surface area contributed by atoms with Crippen LogP contribution in [-0.4, -0.2) is 0 Å². The second kappa shape index (κ2) is 15.0. The molecular weight excluding hydrogens is 689 g/mol. The maximum absolute atomic E-state index is 4.81. The Morgan fingerprint density at radius 1 is 0.318 bits per heavy atom. The van der Waals surface area contributed by atoms with Crippen molar-refractivity contribution in [3.8, 4) is 11.1 Å². The quantitative estimate of drug-likeness (QED) is 0.126. The average molecular weight is 718 g/mol. The number of rotatable bonds is 3. The van der Waals surface area contributed by atoms with Gasteiger partial charge in [0, 0.05) is 0 Å². The summed E-state index contributed by atoms with van der Waals surface area (Å²) in [4.78, 5) is 0. The Balaban J connectivity index is 0.000000144. The molecule has 0 heterocycles. The molecule has 0 aliphatic heterocycles.